The van der Waals surface area contributed by atoms with Gasteiger partial charge in [-0.15, -0.1) is 17.5 Å². The third-order valence-electron chi connectivity index (χ3n) is 3.57. The van der Waals surface area contributed by atoms with Crippen molar-refractivity contribution in [1.29, 1.82) is 0 Å². The number of carbonyl (C=O) groups excluding carboxylic acids is 1. The Labute approximate surface area is 134 Å². The molecule has 1 fully saturated rings. The predicted octanol–water partition coefficient (Wildman–Crippen LogP) is 2.43. The Bertz CT molecular complexity index is 667. The molecule has 22 heavy (non-hydrogen) atoms. The highest BCUT2D eigenvalue weighted by Crippen LogP contribution is 2.16. The minimum absolute atomic E-state index is 0. The minimum atomic E-state index is -0.317. The summed E-state index contributed by atoms with van der Waals surface area (Å²) in [6.07, 6.45) is 1.85. The van der Waals surface area contributed by atoms with Crippen molar-refractivity contribution in [3.05, 3.63) is 41.8 Å². The molecule has 1 aromatic carbocycles. The van der Waals surface area contributed by atoms with Gasteiger partial charge in [-0.25, -0.2) is 9.07 Å². The van der Waals surface area contributed by atoms with Crippen LogP contribution in [0.4, 0.5) is 10.2 Å². The highest BCUT2D eigenvalue weighted by molar-refractivity contribution is 5.94. The van der Waals surface area contributed by atoms with Gasteiger partial charge in [0.25, 0.3) is 0 Å². The van der Waals surface area contributed by atoms with Crippen molar-refractivity contribution in [2.75, 3.05) is 11.9 Å². The average Bonchev–Trinajstić information content (AvgIpc) is 3.08. The van der Waals surface area contributed by atoms with Crippen LogP contribution in [0.2, 0.25) is 0 Å². The van der Waals surface area contributed by atoms with E-state index in [0.29, 0.717) is 11.5 Å². The van der Waals surface area contributed by atoms with Crippen molar-refractivity contribution >= 4 is 24.1 Å². The highest BCUT2D eigenvalue weighted by Gasteiger charge is 2.22. The van der Waals surface area contributed by atoms with Crippen LogP contribution in [0.25, 0.3) is 5.69 Å². The summed E-state index contributed by atoms with van der Waals surface area (Å²) >= 11 is 0. The summed E-state index contributed by atoms with van der Waals surface area (Å²) in [5, 5.41) is 10.3. The van der Waals surface area contributed by atoms with E-state index >= 15 is 0 Å². The molecule has 1 saturated heterocycles. The fourth-order valence-electron chi connectivity index (χ4n) is 2.53. The molecule has 0 bridgehead atoms. The van der Waals surface area contributed by atoms with Crippen molar-refractivity contribution in [3.63, 3.8) is 0 Å². The van der Waals surface area contributed by atoms with E-state index in [1.165, 1.54) is 12.1 Å². The molecule has 0 saturated carbocycles. The average molecular weight is 325 g/mol. The second-order valence-electron chi connectivity index (χ2n) is 5.20. The first-order valence-corrected chi connectivity index (χ1v) is 7.00. The Kier molecular flexibility index (Phi) is 5.15. The summed E-state index contributed by atoms with van der Waals surface area (Å²) < 4.78 is 14.9. The summed E-state index contributed by atoms with van der Waals surface area (Å²) in [5.74, 6) is 0.0926. The number of benzene rings is 1. The van der Waals surface area contributed by atoms with Crippen LogP contribution < -0.4 is 10.6 Å². The van der Waals surface area contributed by atoms with Crippen molar-refractivity contribution in [1.82, 2.24) is 15.1 Å². The third-order valence-corrected chi connectivity index (χ3v) is 3.57. The minimum Gasteiger partial charge on any atom is -0.308 e. The first-order valence-electron chi connectivity index (χ1n) is 7.00. The first-order chi connectivity index (χ1) is 10.1. The summed E-state index contributed by atoms with van der Waals surface area (Å²) in [6, 6.07) is 7.82. The van der Waals surface area contributed by atoms with E-state index in [2.05, 4.69) is 15.7 Å². The molecule has 0 radical (unpaired) electrons. The molecule has 3 rings (SSSR count). The lowest BCUT2D eigenvalue weighted by Crippen LogP contribution is -2.35. The zero-order chi connectivity index (χ0) is 14.8. The summed E-state index contributed by atoms with van der Waals surface area (Å²) in [7, 11) is 0. The molecule has 1 atom stereocenters. The van der Waals surface area contributed by atoms with Crippen molar-refractivity contribution < 1.29 is 9.18 Å². The topological polar surface area (TPSA) is 59.0 Å². The number of nitrogens with one attached hydrogen (secondary N) is 2. The van der Waals surface area contributed by atoms with E-state index in [1.54, 1.807) is 22.9 Å². The number of aromatic nitrogens is 2. The maximum Gasteiger partial charge on any atom is 0.242 e. The quantitative estimate of drug-likeness (QED) is 0.911. The predicted molar refractivity (Wildman–Crippen MR) is 85.2 cm³/mol. The second-order valence-corrected chi connectivity index (χ2v) is 5.20. The summed E-state index contributed by atoms with van der Waals surface area (Å²) in [4.78, 5) is 12.0. The maximum absolute atomic E-state index is 13.3. The monoisotopic (exact) mass is 324 g/mol. The maximum atomic E-state index is 13.3. The summed E-state index contributed by atoms with van der Waals surface area (Å²) in [6.45, 7) is 2.73. The van der Waals surface area contributed by atoms with Gasteiger partial charge in [-0.1, -0.05) is 6.07 Å². The smallest absolute Gasteiger partial charge is 0.242 e. The second kappa shape index (κ2) is 6.89. The molecule has 7 heteroatoms. The van der Waals surface area contributed by atoms with E-state index in [4.69, 9.17) is 0 Å². The molecule has 0 aliphatic carbocycles. The van der Waals surface area contributed by atoms with Crippen LogP contribution in [-0.4, -0.2) is 28.3 Å². The van der Waals surface area contributed by atoms with Crippen LogP contribution in [0.5, 0.6) is 0 Å². The first kappa shape index (κ1) is 16.5. The van der Waals surface area contributed by atoms with Gasteiger partial charge < -0.3 is 10.6 Å². The van der Waals surface area contributed by atoms with Crippen LogP contribution in [0, 0.1) is 12.7 Å². The fraction of sp³-hybridized carbons (Fsp3) is 0.333. The molecule has 2 N–H and O–H groups in total. The van der Waals surface area contributed by atoms with Crippen LogP contribution in [0.15, 0.2) is 30.3 Å². The fourth-order valence-corrected chi connectivity index (χ4v) is 2.53. The largest absolute Gasteiger partial charge is 0.308 e. The van der Waals surface area contributed by atoms with Gasteiger partial charge in [0.15, 0.2) is 5.82 Å². The van der Waals surface area contributed by atoms with Gasteiger partial charge in [0, 0.05) is 11.8 Å². The zero-order valence-corrected chi connectivity index (χ0v) is 13.0. The van der Waals surface area contributed by atoms with Gasteiger partial charge in [-0.2, -0.15) is 0 Å². The third kappa shape index (κ3) is 3.45. The van der Waals surface area contributed by atoms with Crippen molar-refractivity contribution in [2.24, 2.45) is 0 Å². The van der Waals surface area contributed by atoms with E-state index < -0.39 is 0 Å². The van der Waals surface area contributed by atoms with Crippen LogP contribution >= 0.6 is 12.4 Å². The van der Waals surface area contributed by atoms with Gasteiger partial charge >= 0.3 is 0 Å². The Hall–Kier alpha value is -1.92. The molecular weight excluding hydrogens is 307 g/mol. The molecule has 1 aromatic heterocycles. The molecule has 1 aliphatic heterocycles. The number of halogens is 2. The number of amides is 1. The van der Waals surface area contributed by atoms with Gasteiger partial charge in [0.05, 0.1) is 11.7 Å². The number of aryl methyl sites for hydroxylation is 1. The molecule has 2 aromatic rings. The van der Waals surface area contributed by atoms with E-state index in [0.717, 1.165) is 25.1 Å². The lowest BCUT2D eigenvalue weighted by atomic mass is 10.2. The van der Waals surface area contributed by atoms with E-state index in [-0.39, 0.29) is 30.2 Å². The standard InChI is InChI=1S/C15H17FN4O.ClH/c1-10-8-14(18-15(21)13-6-3-7-17-13)19-20(10)12-5-2-4-11(16)9-12;/h2,4-5,8-9,13,17H,3,6-7H2,1H3,(H,18,19,21);1H. The molecule has 1 aliphatic rings. The number of hydrogen-bond acceptors (Lipinski definition) is 3. The van der Waals surface area contributed by atoms with Crippen molar-refractivity contribution in [3.8, 4) is 5.69 Å². The number of rotatable bonds is 3. The Morgan fingerprint density at radius 1 is 1.45 bits per heavy atom. The Balaban J connectivity index is 0.00000176. The summed E-state index contributed by atoms with van der Waals surface area (Å²) in [5.41, 5.74) is 1.46. The lowest BCUT2D eigenvalue weighted by molar-refractivity contribution is -0.117. The number of carbonyl (C=O) groups is 1. The van der Waals surface area contributed by atoms with Crippen LogP contribution in [0.1, 0.15) is 18.5 Å². The lowest BCUT2D eigenvalue weighted by Gasteiger charge is -2.08. The molecule has 0 spiro atoms. The SMILES string of the molecule is Cc1cc(NC(=O)C2CCCN2)nn1-c1cccc(F)c1.Cl. The van der Waals surface area contributed by atoms with Crippen LogP contribution in [-0.2, 0) is 4.79 Å². The molecule has 1 amide bonds. The number of nitrogens with zero attached hydrogens (tertiary/aromatic N) is 2. The molecule has 5 nitrogen and oxygen atoms in total. The number of hydrogen-bond donors (Lipinski definition) is 2. The Morgan fingerprint density at radius 3 is 2.95 bits per heavy atom. The number of anilines is 1. The van der Waals surface area contributed by atoms with E-state index in [9.17, 15) is 9.18 Å². The molecule has 2 heterocycles. The zero-order valence-electron chi connectivity index (χ0n) is 12.2. The Morgan fingerprint density at radius 2 is 2.27 bits per heavy atom. The van der Waals surface area contributed by atoms with Gasteiger partial charge in [-0.3, -0.25) is 4.79 Å². The molecular formula is C15H18ClFN4O. The molecule has 118 valence electrons. The van der Waals surface area contributed by atoms with Gasteiger partial charge in [-0.05, 0) is 44.5 Å². The van der Waals surface area contributed by atoms with Crippen LogP contribution in [0.3, 0.4) is 0 Å². The highest BCUT2D eigenvalue weighted by atomic mass is 35.5. The van der Waals surface area contributed by atoms with Gasteiger partial charge in [0.2, 0.25) is 5.91 Å². The normalized spacial score (nSPS) is 17.1. The van der Waals surface area contributed by atoms with E-state index in [1.807, 2.05) is 6.92 Å². The van der Waals surface area contributed by atoms with Crippen molar-refractivity contribution in [2.45, 2.75) is 25.8 Å². The molecule has 1 unspecified atom stereocenters. The van der Waals surface area contributed by atoms with Gasteiger partial charge in [0.1, 0.15) is 5.82 Å².